The molecule has 3 heterocycles. The highest BCUT2D eigenvalue weighted by Gasteiger charge is 2.41. The zero-order chi connectivity index (χ0) is 22.2. The molecule has 4 rings (SSSR count). The van der Waals surface area contributed by atoms with Crippen molar-refractivity contribution >= 4 is 5.91 Å². The van der Waals surface area contributed by atoms with Crippen LogP contribution in [0.1, 0.15) is 37.4 Å². The van der Waals surface area contributed by atoms with E-state index in [9.17, 15) is 4.79 Å². The second kappa shape index (κ2) is 10.5. The van der Waals surface area contributed by atoms with Crippen molar-refractivity contribution in [3.8, 4) is 11.1 Å². The van der Waals surface area contributed by atoms with Crippen LogP contribution in [-0.4, -0.2) is 40.4 Å². The summed E-state index contributed by atoms with van der Waals surface area (Å²) >= 11 is 0. The topological polar surface area (TPSA) is 58.1 Å². The molecule has 1 N–H and O–H groups in total. The monoisotopic (exact) mass is 428 g/mol. The zero-order valence-corrected chi connectivity index (χ0v) is 18.8. The van der Waals surface area contributed by atoms with E-state index in [1.807, 2.05) is 30.6 Å². The van der Waals surface area contributed by atoms with E-state index in [2.05, 4.69) is 63.5 Å². The molecule has 0 spiro atoms. The maximum Gasteiger partial charge on any atom is 0.226 e. The molecule has 2 aromatic heterocycles. The van der Waals surface area contributed by atoms with E-state index in [-0.39, 0.29) is 5.91 Å². The molecule has 5 heteroatoms. The van der Waals surface area contributed by atoms with Crippen LogP contribution in [0.2, 0.25) is 0 Å². The molecule has 166 valence electrons. The summed E-state index contributed by atoms with van der Waals surface area (Å²) in [5, 5.41) is 3.20. The predicted molar refractivity (Wildman–Crippen MR) is 128 cm³/mol. The minimum atomic E-state index is -0.395. The van der Waals surface area contributed by atoms with Crippen molar-refractivity contribution in [1.82, 2.24) is 20.2 Å². The zero-order valence-electron chi connectivity index (χ0n) is 18.8. The minimum absolute atomic E-state index is 0.192. The van der Waals surface area contributed by atoms with Gasteiger partial charge in [0.15, 0.2) is 0 Å². The number of nitrogens with zero attached hydrogens (tertiary/aromatic N) is 3. The summed E-state index contributed by atoms with van der Waals surface area (Å²) in [6, 6.07) is 18.5. The van der Waals surface area contributed by atoms with Crippen LogP contribution in [0.15, 0.2) is 73.2 Å². The number of hydrogen-bond donors (Lipinski definition) is 1. The van der Waals surface area contributed by atoms with Crippen molar-refractivity contribution in [3.05, 3.63) is 84.4 Å². The van der Waals surface area contributed by atoms with Crippen LogP contribution in [0.25, 0.3) is 11.1 Å². The van der Waals surface area contributed by atoms with Crippen molar-refractivity contribution in [2.45, 2.75) is 39.2 Å². The number of amides is 1. The normalized spacial score (nSPS) is 15.9. The molecule has 0 radical (unpaired) electrons. The Morgan fingerprint density at radius 2 is 1.84 bits per heavy atom. The summed E-state index contributed by atoms with van der Waals surface area (Å²) in [4.78, 5) is 24.6. The highest BCUT2D eigenvalue weighted by atomic mass is 16.2. The van der Waals surface area contributed by atoms with E-state index in [4.69, 9.17) is 0 Å². The molecule has 32 heavy (non-hydrogen) atoms. The van der Waals surface area contributed by atoms with E-state index in [0.29, 0.717) is 0 Å². The van der Waals surface area contributed by atoms with E-state index in [1.165, 1.54) is 11.1 Å². The molecular formula is C27H32N4O. The Bertz CT molecular complexity index is 998. The second-order valence-electron chi connectivity index (χ2n) is 8.71. The van der Waals surface area contributed by atoms with Gasteiger partial charge in [-0.3, -0.25) is 19.7 Å². The number of benzene rings is 1. The number of nitrogens with one attached hydrogen (secondary N) is 1. The van der Waals surface area contributed by atoms with E-state index in [1.54, 1.807) is 6.20 Å². The molecule has 1 aliphatic heterocycles. The van der Waals surface area contributed by atoms with Crippen molar-refractivity contribution in [2.24, 2.45) is 5.41 Å². The number of hydrogen-bond acceptors (Lipinski definition) is 4. The number of likely N-dealkylation sites (tertiary alicyclic amines) is 1. The van der Waals surface area contributed by atoms with E-state index < -0.39 is 5.41 Å². The summed E-state index contributed by atoms with van der Waals surface area (Å²) in [6.45, 7) is 5.44. The molecule has 0 aliphatic carbocycles. The third kappa shape index (κ3) is 5.22. The Morgan fingerprint density at radius 3 is 2.56 bits per heavy atom. The van der Waals surface area contributed by atoms with E-state index in [0.717, 1.165) is 63.1 Å². The first-order valence-electron chi connectivity index (χ1n) is 11.6. The fourth-order valence-electron chi connectivity index (χ4n) is 4.61. The maximum atomic E-state index is 13.4. The van der Waals surface area contributed by atoms with Crippen LogP contribution in [0.5, 0.6) is 0 Å². The van der Waals surface area contributed by atoms with Crippen molar-refractivity contribution in [3.63, 3.8) is 0 Å². The lowest BCUT2D eigenvalue weighted by Gasteiger charge is -2.41. The highest BCUT2D eigenvalue weighted by Crippen LogP contribution is 2.38. The summed E-state index contributed by atoms with van der Waals surface area (Å²) in [5.74, 6) is 0.192. The Morgan fingerprint density at radius 1 is 1.03 bits per heavy atom. The molecule has 1 amide bonds. The minimum Gasteiger partial charge on any atom is -0.356 e. The number of carbonyl (C=O) groups is 1. The number of pyridine rings is 2. The predicted octanol–water partition coefficient (Wildman–Crippen LogP) is 4.49. The van der Waals surface area contributed by atoms with Gasteiger partial charge in [0, 0.05) is 37.2 Å². The average molecular weight is 429 g/mol. The molecular weight excluding hydrogens is 396 g/mol. The van der Waals surface area contributed by atoms with E-state index >= 15 is 0 Å². The summed E-state index contributed by atoms with van der Waals surface area (Å²) in [7, 11) is 0. The van der Waals surface area contributed by atoms with Gasteiger partial charge < -0.3 is 5.32 Å². The van der Waals surface area contributed by atoms with Gasteiger partial charge in [0.2, 0.25) is 5.91 Å². The Kier molecular flexibility index (Phi) is 7.28. The number of rotatable bonds is 8. The van der Waals surface area contributed by atoms with Gasteiger partial charge in [-0.2, -0.15) is 0 Å². The molecule has 5 nitrogen and oxygen atoms in total. The third-order valence-corrected chi connectivity index (χ3v) is 6.46. The molecule has 3 aromatic rings. The van der Waals surface area contributed by atoms with Crippen LogP contribution in [0.3, 0.4) is 0 Å². The Hall–Kier alpha value is -3.05. The summed E-state index contributed by atoms with van der Waals surface area (Å²) < 4.78 is 0. The molecule has 1 fully saturated rings. The van der Waals surface area contributed by atoms with Gasteiger partial charge in [-0.05, 0) is 68.1 Å². The number of carbonyl (C=O) groups excluding carboxylic acids is 1. The Labute approximate surface area is 190 Å². The molecule has 1 saturated heterocycles. The third-order valence-electron chi connectivity index (χ3n) is 6.46. The lowest BCUT2D eigenvalue weighted by molar-refractivity contribution is -0.134. The maximum absolute atomic E-state index is 13.4. The van der Waals surface area contributed by atoms with Gasteiger partial charge >= 0.3 is 0 Å². The first kappa shape index (κ1) is 22.2. The summed E-state index contributed by atoms with van der Waals surface area (Å²) in [5.41, 5.74) is 4.16. The van der Waals surface area contributed by atoms with Gasteiger partial charge in [-0.1, -0.05) is 43.3 Å². The molecule has 0 bridgehead atoms. The smallest absolute Gasteiger partial charge is 0.226 e. The van der Waals surface area contributed by atoms with Crippen LogP contribution in [-0.2, 0) is 17.8 Å². The number of piperidine rings is 1. The van der Waals surface area contributed by atoms with Crippen LogP contribution in [0.4, 0.5) is 0 Å². The summed E-state index contributed by atoms with van der Waals surface area (Å²) in [6.07, 6.45) is 8.91. The SMILES string of the molecule is CCCNC(=O)C1(Cc2ccccc2-c2cccnc2)CCN(Cc2ccccn2)CC1. The van der Waals surface area contributed by atoms with Crippen LogP contribution in [0, 0.1) is 5.41 Å². The second-order valence-corrected chi connectivity index (χ2v) is 8.71. The lowest BCUT2D eigenvalue weighted by atomic mass is 9.72. The Balaban J connectivity index is 1.56. The molecule has 0 unspecified atom stereocenters. The quantitative estimate of drug-likeness (QED) is 0.574. The van der Waals surface area contributed by atoms with Gasteiger partial charge in [0.05, 0.1) is 11.1 Å². The average Bonchev–Trinajstić information content (AvgIpc) is 2.85. The highest BCUT2D eigenvalue weighted by molar-refractivity contribution is 5.83. The van der Waals surface area contributed by atoms with Gasteiger partial charge in [0.25, 0.3) is 0 Å². The molecule has 0 atom stereocenters. The van der Waals surface area contributed by atoms with Crippen LogP contribution >= 0.6 is 0 Å². The standard InChI is InChI=1S/C27H32N4O/c1-2-14-30-26(32)27(12-17-31(18-13-27)21-24-10-5-6-16-29-24)19-22-8-3-4-11-25(22)23-9-7-15-28-20-23/h3-11,15-16,20H,2,12-14,17-19,21H2,1H3,(H,30,32). The fourth-order valence-corrected chi connectivity index (χ4v) is 4.61. The molecule has 1 aliphatic rings. The fraction of sp³-hybridized carbons (Fsp3) is 0.370. The van der Waals surface area contributed by atoms with Gasteiger partial charge in [-0.15, -0.1) is 0 Å². The molecule has 1 aromatic carbocycles. The van der Waals surface area contributed by atoms with Crippen LogP contribution < -0.4 is 5.32 Å². The van der Waals surface area contributed by atoms with Crippen molar-refractivity contribution in [1.29, 1.82) is 0 Å². The van der Waals surface area contributed by atoms with Crippen molar-refractivity contribution < 1.29 is 4.79 Å². The largest absolute Gasteiger partial charge is 0.356 e. The van der Waals surface area contributed by atoms with Gasteiger partial charge in [0.1, 0.15) is 0 Å². The lowest BCUT2D eigenvalue weighted by Crippen LogP contribution is -2.50. The first-order valence-corrected chi connectivity index (χ1v) is 11.6. The molecule has 0 saturated carbocycles. The van der Waals surface area contributed by atoms with Gasteiger partial charge in [-0.25, -0.2) is 0 Å². The number of aromatic nitrogens is 2. The van der Waals surface area contributed by atoms with Crippen molar-refractivity contribution in [2.75, 3.05) is 19.6 Å². The first-order chi connectivity index (χ1) is 15.7.